The summed E-state index contributed by atoms with van der Waals surface area (Å²) < 4.78 is 0. The molecule has 0 nitrogen and oxygen atoms in total. The molecule has 0 N–H and O–H groups in total. The van der Waals surface area contributed by atoms with Gasteiger partial charge in [0.05, 0.1) is 0 Å². The van der Waals surface area contributed by atoms with E-state index in [1.165, 1.54) is 21.3 Å². The van der Waals surface area contributed by atoms with Crippen molar-refractivity contribution in [2.75, 3.05) is 11.5 Å². The van der Waals surface area contributed by atoms with Crippen molar-refractivity contribution in [2.24, 2.45) is 5.92 Å². The van der Waals surface area contributed by atoms with Gasteiger partial charge in [0.15, 0.2) is 0 Å². The Bertz CT molecular complexity index is 494. The summed E-state index contributed by atoms with van der Waals surface area (Å²) in [5.41, 5.74) is 0. The van der Waals surface area contributed by atoms with Gasteiger partial charge in [0.25, 0.3) is 0 Å². The molecule has 0 saturated carbocycles. The molecule has 1 heteroatoms. The average Bonchev–Trinajstić information content (AvgIpc) is 2.50. The zero-order valence-corrected chi connectivity index (χ0v) is 15.0. The first-order valence-corrected chi connectivity index (χ1v) is 9.87. The van der Waals surface area contributed by atoms with Crippen molar-refractivity contribution in [3.05, 3.63) is 65.6 Å². The Balaban J connectivity index is 3.35. The highest BCUT2D eigenvalue weighted by molar-refractivity contribution is 8.37. The minimum atomic E-state index is -0.943. The SMILES string of the molecule is C\C=C/C=C\C(=C/C)S(CC)(CC(C)C)c1ccccc1. The molecule has 1 atom stereocenters. The largest absolute Gasteiger partial charge is 0.188 e. The van der Waals surface area contributed by atoms with E-state index in [-0.39, 0.29) is 0 Å². The summed E-state index contributed by atoms with van der Waals surface area (Å²) in [6, 6.07) is 11.1. The molecular weight excluding hydrogens is 272 g/mol. The van der Waals surface area contributed by atoms with Crippen LogP contribution in [0, 0.1) is 5.92 Å². The molecule has 0 bridgehead atoms. The molecule has 0 aliphatic carbocycles. The molecule has 0 heterocycles. The summed E-state index contributed by atoms with van der Waals surface area (Å²) in [5, 5.41) is 0. The maximum absolute atomic E-state index is 2.34. The van der Waals surface area contributed by atoms with E-state index in [1.807, 2.05) is 0 Å². The van der Waals surface area contributed by atoms with Crippen LogP contribution in [0.25, 0.3) is 0 Å². The molecule has 0 aliphatic heterocycles. The summed E-state index contributed by atoms with van der Waals surface area (Å²) in [5.74, 6) is 3.16. The molecule has 0 fully saturated rings. The third-order valence-electron chi connectivity index (χ3n) is 3.60. The number of hydrogen-bond acceptors (Lipinski definition) is 0. The van der Waals surface area contributed by atoms with Crippen molar-refractivity contribution in [3.63, 3.8) is 0 Å². The first-order valence-electron chi connectivity index (χ1n) is 7.90. The van der Waals surface area contributed by atoms with Gasteiger partial charge in [-0.25, -0.2) is 0 Å². The topological polar surface area (TPSA) is 0 Å². The molecule has 0 spiro atoms. The van der Waals surface area contributed by atoms with Gasteiger partial charge in [0, 0.05) is 0 Å². The summed E-state index contributed by atoms with van der Waals surface area (Å²) in [6.07, 6.45) is 11.0. The average molecular weight is 303 g/mol. The lowest BCUT2D eigenvalue weighted by molar-refractivity contribution is 0.744. The Labute approximate surface area is 133 Å². The highest BCUT2D eigenvalue weighted by Crippen LogP contribution is 2.63. The second kappa shape index (κ2) is 8.94. The Kier molecular flexibility index (Phi) is 7.60. The first-order chi connectivity index (χ1) is 10.1. The monoisotopic (exact) mass is 302 g/mol. The molecule has 0 amide bonds. The van der Waals surface area contributed by atoms with E-state index in [0.717, 1.165) is 0 Å². The van der Waals surface area contributed by atoms with Crippen molar-refractivity contribution in [3.8, 4) is 0 Å². The summed E-state index contributed by atoms with van der Waals surface area (Å²) in [6.45, 7) is 11.3. The fraction of sp³-hybridized carbons (Fsp3) is 0.400. The summed E-state index contributed by atoms with van der Waals surface area (Å²) in [7, 11) is -0.943. The fourth-order valence-electron chi connectivity index (χ4n) is 2.74. The number of allylic oxidation sites excluding steroid dienone is 5. The highest BCUT2D eigenvalue weighted by Gasteiger charge is 2.28. The van der Waals surface area contributed by atoms with Gasteiger partial charge >= 0.3 is 0 Å². The molecule has 0 aromatic heterocycles. The molecule has 116 valence electrons. The van der Waals surface area contributed by atoms with Crippen molar-refractivity contribution in [1.29, 1.82) is 0 Å². The van der Waals surface area contributed by atoms with Crippen LogP contribution in [0.5, 0.6) is 0 Å². The first kappa shape index (κ1) is 17.8. The van der Waals surface area contributed by atoms with Crippen molar-refractivity contribution in [2.45, 2.75) is 39.5 Å². The quantitative estimate of drug-likeness (QED) is 0.500. The van der Waals surface area contributed by atoms with Crippen LogP contribution in [0.3, 0.4) is 0 Å². The Hall–Kier alpha value is -1.21. The minimum absolute atomic E-state index is 0.699. The molecule has 0 aliphatic rings. The van der Waals surface area contributed by atoms with E-state index in [4.69, 9.17) is 0 Å². The maximum Gasteiger partial charge on any atom is -0.00593 e. The zero-order chi connectivity index (χ0) is 15.7. The molecule has 0 radical (unpaired) electrons. The van der Waals surface area contributed by atoms with Crippen LogP contribution in [-0.2, 0) is 0 Å². The highest BCUT2D eigenvalue weighted by atomic mass is 32.3. The van der Waals surface area contributed by atoms with Crippen LogP contribution in [0.15, 0.2) is 70.5 Å². The predicted molar refractivity (Wildman–Crippen MR) is 100 cm³/mol. The number of hydrogen-bond donors (Lipinski definition) is 0. The number of rotatable bonds is 7. The lowest BCUT2D eigenvalue weighted by Gasteiger charge is -2.42. The Morgan fingerprint density at radius 1 is 1.10 bits per heavy atom. The molecule has 21 heavy (non-hydrogen) atoms. The molecule has 1 rings (SSSR count). The van der Waals surface area contributed by atoms with Crippen LogP contribution in [0.2, 0.25) is 0 Å². The van der Waals surface area contributed by atoms with E-state index in [1.54, 1.807) is 0 Å². The Morgan fingerprint density at radius 3 is 2.24 bits per heavy atom. The lowest BCUT2D eigenvalue weighted by atomic mass is 10.3. The maximum atomic E-state index is 2.34. The van der Waals surface area contributed by atoms with Crippen molar-refractivity contribution >= 4 is 10.0 Å². The van der Waals surface area contributed by atoms with E-state index in [0.29, 0.717) is 5.92 Å². The number of benzene rings is 1. The van der Waals surface area contributed by atoms with Crippen LogP contribution < -0.4 is 0 Å². The van der Waals surface area contributed by atoms with Gasteiger partial charge in [-0.05, 0) is 53.2 Å². The molecule has 1 aromatic carbocycles. The molecule has 1 aromatic rings. The molecule has 0 saturated heterocycles. The van der Waals surface area contributed by atoms with Crippen molar-refractivity contribution < 1.29 is 0 Å². The molecule has 1 unspecified atom stereocenters. The van der Waals surface area contributed by atoms with Gasteiger partial charge in [-0.1, -0.05) is 69.4 Å². The van der Waals surface area contributed by atoms with Crippen LogP contribution >= 0.6 is 10.0 Å². The summed E-state index contributed by atoms with van der Waals surface area (Å²) >= 11 is 0. The van der Waals surface area contributed by atoms with Gasteiger partial charge in [-0.2, -0.15) is 10.0 Å². The molecular formula is C20H30S. The van der Waals surface area contributed by atoms with Gasteiger partial charge in [0.2, 0.25) is 0 Å². The van der Waals surface area contributed by atoms with E-state index < -0.39 is 10.0 Å². The normalized spacial score (nSPS) is 17.5. The Morgan fingerprint density at radius 2 is 1.76 bits per heavy atom. The smallest absolute Gasteiger partial charge is 0.00593 e. The van der Waals surface area contributed by atoms with Crippen LogP contribution in [0.1, 0.15) is 34.6 Å². The van der Waals surface area contributed by atoms with Crippen LogP contribution in [0.4, 0.5) is 0 Å². The van der Waals surface area contributed by atoms with Crippen molar-refractivity contribution in [1.82, 2.24) is 0 Å². The predicted octanol–water partition coefficient (Wildman–Crippen LogP) is 6.56. The fourth-order valence-corrected chi connectivity index (χ4v) is 6.91. The second-order valence-corrected chi connectivity index (χ2v) is 9.24. The van der Waals surface area contributed by atoms with Gasteiger partial charge in [0.1, 0.15) is 0 Å². The third kappa shape index (κ3) is 4.64. The second-order valence-electron chi connectivity index (χ2n) is 5.62. The van der Waals surface area contributed by atoms with E-state index in [9.17, 15) is 0 Å². The van der Waals surface area contributed by atoms with E-state index in [2.05, 4.69) is 95.3 Å². The third-order valence-corrected chi connectivity index (χ3v) is 8.27. The standard InChI is InChI=1S/C20H30S/c1-6-9-11-14-19(7-2)21(8-3,17-18(4)5)20-15-12-10-13-16-20/h6-7,9-16,18H,8,17H2,1-5H3/b9-6-,14-11-,19-7+. The van der Waals surface area contributed by atoms with Gasteiger partial charge in [-0.3, -0.25) is 0 Å². The minimum Gasteiger partial charge on any atom is -0.188 e. The lowest BCUT2D eigenvalue weighted by Crippen LogP contribution is -2.14. The van der Waals surface area contributed by atoms with Crippen LogP contribution in [-0.4, -0.2) is 11.5 Å². The van der Waals surface area contributed by atoms with E-state index >= 15 is 0 Å². The zero-order valence-electron chi connectivity index (χ0n) is 14.2. The van der Waals surface area contributed by atoms with Gasteiger partial charge in [-0.15, -0.1) is 0 Å². The van der Waals surface area contributed by atoms with Gasteiger partial charge < -0.3 is 0 Å². The summed E-state index contributed by atoms with van der Waals surface area (Å²) in [4.78, 5) is 3.02.